The number of alkyl halides is 8. The van der Waals surface area contributed by atoms with E-state index < -0.39 is 49.0 Å². The summed E-state index contributed by atoms with van der Waals surface area (Å²) in [6.45, 7) is -1.86. The summed E-state index contributed by atoms with van der Waals surface area (Å²) in [5, 5.41) is 9.07. The third kappa shape index (κ3) is 5.48. The summed E-state index contributed by atoms with van der Waals surface area (Å²) in [7, 11) is 0. The Kier molecular flexibility index (Phi) is 8.30. The van der Waals surface area contributed by atoms with Crippen LogP contribution >= 0.6 is 31.9 Å². The SMILES string of the molecule is O=C(OCCOC(=O)C(O)(C(F)(F)F)C(F)(F)F)C(CBr)CBr. The van der Waals surface area contributed by atoms with Crippen molar-refractivity contribution in [2.45, 2.75) is 18.0 Å². The topological polar surface area (TPSA) is 72.8 Å². The highest BCUT2D eigenvalue weighted by molar-refractivity contribution is 9.09. The molecule has 0 saturated heterocycles. The van der Waals surface area contributed by atoms with E-state index in [0.29, 0.717) is 0 Å². The van der Waals surface area contributed by atoms with E-state index in [9.17, 15) is 35.9 Å². The molecule has 5 nitrogen and oxygen atoms in total. The van der Waals surface area contributed by atoms with Crippen LogP contribution in [0.4, 0.5) is 26.3 Å². The van der Waals surface area contributed by atoms with Gasteiger partial charge in [-0.1, -0.05) is 31.9 Å². The fourth-order valence-electron chi connectivity index (χ4n) is 1.06. The summed E-state index contributed by atoms with van der Waals surface area (Å²) in [5.41, 5.74) is -5.65. The highest BCUT2D eigenvalue weighted by Crippen LogP contribution is 2.43. The number of hydrogen-bond acceptors (Lipinski definition) is 5. The fourth-order valence-corrected chi connectivity index (χ4v) is 2.66. The van der Waals surface area contributed by atoms with Crippen LogP contribution in [0.25, 0.3) is 0 Å². The molecular formula is C10H10Br2F6O5. The maximum atomic E-state index is 12.3. The molecule has 0 bridgehead atoms. The molecule has 0 unspecified atom stereocenters. The predicted molar refractivity (Wildman–Crippen MR) is 70.1 cm³/mol. The van der Waals surface area contributed by atoms with Crippen molar-refractivity contribution < 1.29 is 50.5 Å². The summed E-state index contributed by atoms with van der Waals surface area (Å²) in [5.74, 6) is -4.41. The molecule has 0 aromatic carbocycles. The van der Waals surface area contributed by atoms with Crippen molar-refractivity contribution in [3.05, 3.63) is 0 Å². The highest BCUT2D eigenvalue weighted by Gasteiger charge is 2.76. The van der Waals surface area contributed by atoms with Crippen LogP contribution in [0.15, 0.2) is 0 Å². The van der Waals surface area contributed by atoms with Gasteiger partial charge in [-0.05, 0) is 0 Å². The van der Waals surface area contributed by atoms with Gasteiger partial charge in [-0.3, -0.25) is 4.79 Å². The minimum Gasteiger partial charge on any atom is -0.462 e. The lowest BCUT2D eigenvalue weighted by Crippen LogP contribution is -2.63. The summed E-state index contributed by atoms with van der Waals surface area (Å²) in [6.07, 6.45) is -12.6. The van der Waals surface area contributed by atoms with Crippen LogP contribution in [0.5, 0.6) is 0 Å². The number of ether oxygens (including phenoxy) is 2. The van der Waals surface area contributed by atoms with Gasteiger partial charge in [-0.25, -0.2) is 4.79 Å². The second kappa shape index (κ2) is 8.51. The van der Waals surface area contributed by atoms with E-state index in [2.05, 4.69) is 41.3 Å². The molecular weight excluding hydrogens is 474 g/mol. The van der Waals surface area contributed by atoms with Gasteiger partial charge in [0.15, 0.2) is 0 Å². The van der Waals surface area contributed by atoms with Gasteiger partial charge in [0, 0.05) is 10.7 Å². The lowest BCUT2D eigenvalue weighted by atomic mass is 10.0. The van der Waals surface area contributed by atoms with Gasteiger partial charge in [0.05, 0.1) is 5.92 Å². The molecule has 1 N–H and O–H groups in total. The zero-order chi connectivity index (χ0) is 18.5. The Morgan fingerprint density at radius 1 is 0.913 bits per heavy atom. The molecule has 0 rings (SSSR count). The first-order valence-electron chi connectivity index (χ1n) is 5.64. The maximum absolute atomic E-state index is 12.3. The van der Waals surface area contributed by atoms with Gasteiger partial charge in [-0.2, -0.15) is 26.3 Å². The predicted octanol–water partition coefficient (Wildman–Crippen LogP) is 2.33. The van der Waals surface area contributed by atoms with Crippen molar-refractivity contribution in [2.75, 3.05) is 23.9 Å². The van der Waals surface area contributed by atoms with E-state index in [1.807, 2.05) is 0 Å². The molecule has 0 atom stereocenters. The van der Waals surface area contributed by atoms with Crippen LogP contribution in [-0.2, 0) is 19.1 Å². The molecule has 0 saturated carbocycles. The Morgan fingerprint density at radius 2 is 1.30 bits per heavy atom. The van der Waals surface area contributed by atoms with Crippen LogP contribution in [0, 0.1) is 5.92 Å². The lowest BCUT2D eigenvalue weighted by molar-refractivity contribution is -0.357. The monoisotopic (exact) mass is 482 g/mol. The van der Waals surface area contributed by atoms with Gasteiger partial charge in [0.1, 0.15) is 13.2 Å². The Hall–Kier alpha value is -0.560. The zero-order valence-electron chi connectivity index (χ0n) is 11.0. The van der Waals surface area contributed by atoms with Gasteiger partial charge >= 0.3 is 29.9 Å². The molecule has 0 radical (unpaired) electrons. The van der Waals surface area contributed by atoms with E-state index >= 15 is 0 Å². The molecule has 0 aliphatic carbocycles. The number of halogens is 8. The number of carbonyl (C=O) groups is 2. The van der Waals surface area contributed by atoms with E-state index in [1.54, 1.807) is 0 Å². The van der Waals surface area contributed by atoms with Crippen molar-refractivity contribution in [3.8, 4) is 0 Å². The minimum absolute atomic E-state index is 0.193. The zero-order valence-corrected chi connectivity index (χ0v) is 14.2. The Morgan fingerprint density at radius 3 is 1.65 bits per heavy atom. The third-order valence-electron chi connectivity index (χ3n) is 2.38. The average Bonchev–Trinajstić information content (AvgIpc) is 2.41. The second-order valence-corrected chi connectivity index (χ2v) is 5.31. The van der Waals surface area contributed by atoms with Gasteiger partial charge in [-0.15, -0.1) is 0 Å². The van der Waals surface area contributed by atoms with Crippen LogP contribution in [-0.4, -0.2) is 58.9 Å². The largest absolute Gasteiger partial charge is 0.462 e. The molecule has 0 spiro atoms. The average molecular weight is 484 g/mol. The van der Waals surface area contributed by atoms with Crippen LogP contribution < -0.4 is 0 Å². The molecule has 0 fully saturated rings. The minimum atomic E-state index is -6.32. The van der Waals surface area contributed by atoms with Crippen LogP contribution in [0.3, 0.4) is 0 Å². The Labute approximate surface area is 142 Å². The lowest BCUT2D eigenvalue weighted by Gasteiger charge is -2.29. The van der Waals surface area contributed by atoms with Crippen LogP contribution in [0.2, 0.25) is 0 Å². The first-order valence-corrected chi connectivity index (χ1v) is 7.88. The molecule has 23 heavy (non-hydrogen) atoms. The summed E-state index contributed by atoms with van der Waals surface area (Å²) >= 11 is 5.96. The number of aliphatic hydroxyl groups is 1. The van der Waals surface area contributed by atoms with Crippen molar-refractivity contribution in [3.63, 3.8) is 0 Å². The van der Waals surface area contributed by atoms with E-state index in [4.69, 9.17) is 5.11 Å². The molecule has 0 aromatic heterocycles. The first kappa shape index (κ1) is 22.4. The molecule has 0 aliphatic rings. The Bertz CT molecular complexity index is 407. The van der Waals surface area contributed by atoms with E-state index in [0.717, 1.165) is 0 Å². The number of carbonyl (C=O) groups excluding carboxylic acids is 2. The molecule has 0 aliphatic heterocycles. The summed E-state index contributed by atoms with van der Waals surface area (Å²) in [4.78, 5) is 22.3. The standard InChI is InChI=1S/C10H10Br2F6O5/c11-3-5(4-12)6(19)22-1-2-23-7(20)8(21,9(13,14)15)10(16,17)18/h5,21H,1-4H2. The number of esters is 2. The van der Waals surface area contributed by atoms with Crippen molar-refractivity contribution in [1.29, 1.82) is 0 Å². The molecule has 0 amide bonds. The maximum Gasteiger partial charge on any atom is 0.437 e. The normalized spacial score (nSPS) is 13.1. The molecule has 13 heteroatoms. The van der Waals surface area contributed by atoms with Crippen molar-refractivity contribution >= 4 is 43.8 Å². The van der Waals surface area contributed by atoms with Gasteiger partial charge in [0.2, 0.25) is 0 Å². The van der Waals surface area contributed by atoms with E-state index in [-0.39, 0.29) is 10.7 Å². The van der Waals surface area contributed by atoms with Gasteiger partial charge in [0.25, 0.3) is 0 Å². The second-order valence-electron chi connectivity index (χ2n) is 4.01. The smallest absolute Gasteiger partial charge is 0.437 e. The Balaban J connectivity index is 4.67. The van der Waals surface area contributed by atoms with Crippen LogP contribution in [0.1, 0.15) is 0 Å². The van der Waals surface area contributed by atoms with Crippen molar-refractivity contribution in [2.24, 2.45) is 5.92 Å². The number of rotatable bonds is 7. The molecule has 0 aromatic rings. The third-order valence-corrected chi connectivity index (χ3v) is 3.95. The quantitative estimate of drug-likeness (QED) is 0.260. The van der Waals surface area contributed by atoms with Crippen molar-refractivity contribution in [1.82, 2.24) is 0 Å². The molecule has 136 valence electrons. The summed E-state index contributed by atoms with van der Waals surface area (Å²) in [6, 6.07) is 0. The summed E-state index contributed by atoms with van der Waals surface area (Å²) < 4.78 is 82.1. The van der Waals surface area contributed by atoms with E-state index in [1.165, 1.54) is 0 Å². The van der Waals surface area contributed by atoms with Gasteiger partial charge < -0.3 is 14.6 Å². The highest BCUT2D eigenvalue weighted by atomic mass is 79.9. The molecule has 0 heterocycles. The first-order chi connectivity index (χ1) is 10.3. The number of hydrogen-bond donors (Lipinski definition) is 1. The fraction of sp³-hybridized carbons (Fsp3) is 0.800.